The fourth-order valence-electron chi connectivity index (χ4n) is 1.66. The van der Waals surface area contributed by atoms with Gasteiger partial charge in [0.15, 0.2) is 11.2 Å². The van der Waals surface area contributed by atoms with Crippen LogP contribution in [0.4, 0.5) is 0 Å². The van der Waals surface area contributed by atoms with E-state index in [2.05, 4.69) is 5.32 Å². The number of nitrogens with one attached hydrogen (secondary N) is 1. The van der Waals surface area contributed by atoms with Gasteiger partial charge in [0.25, 0.3) is 10.1 Å². The van der Waals surface area contributed by atoms with Crippen molar-refractivity contribution in [3.8, 4) is 0 Å². The molecule has 0 fully saturated rings. The van der Waals surface area contributed by atoms with Gasteiger partial charge >= 0.3 is 154 Å². The van der Waals surface area contributed by atoms with Gasteiger partial charge in [0, 0.05) is 6.54 Å². The first-order valence-electron chi connectivity index (χ1n) is 8.50. The monoisotopic (exact) mass is 619 g/mol. The van der Waals surface area contributed by atoms with Crippen LogP contribution in [0.15, 0.2) is 0 Å². The Morgan fingerprint density at radius 2 is 0.816 bits per heavy atom. The van der Waals surface area contributed by atoms with E-state index in [4.69, 9.17) is 45.4 Å². The molecule has 0 aromatic rings. The zero-order chi connectivity index (χ0) is 27.9. The summed E-state index contributed by atoms with van der Waals surface area (Å²) in [5.74, 6) is -10.3. The van der Waals surface area contributed by atoms with Crippen molar-refractivity contribution in [3.63, 3.8) is 0 Å². The second-order valence-electron chi connectivity index (χ2n) is 6.35. The standard InChI is InChI=1S/2C6H8O7.C3H9NO3S.4Na.4H/c2*7-3(8)1-6(13,5(11)12)2-4(9)10;1-4-2-3-8(5,6)7;;;;;;;;/h2*13H,1-2H2,(H,7,8)(H,9,10)(H,11,12);4H,2-3H2,1H3,(H,5,6,7);;;;;;;;. The van der Waals surface area contributed by atoms with Gasteiger partial charge in [0.05, 0.1) is 31.4 Å². The Balaban J connectivity index is -0.0000000740. The van der Waals surface area contributed by atoms with Crippen LogP contribution in [0.25, 0.3) is 0 Å². The summed E-state index contributed by atoms with van der Waals surface area (Å²) < 4.78 is 27.9. The first kappa shape index (κ1) is 54.7. The normalized spacial score (nSPS) is 9.89. The predicted molar refractivity (Wildman–Crippen MR) is 133 cm³/mol. The summed E-state index contributed by atoms with van der Waals surface area (Å²) in [7, 11) is -2.13. The minimum atomic E-state index is -3.75. The van der Waals surface area contributed by atoms with Crippen molar-refractivity contribution in [1.82, 2.24) is 5.32 Å². The summed E-state index contributed by atoms with van der Waals surface area (Å²) in [4.78, 5) is 61.0. The van der Waals surface area contributed by atoms with Gasteiger partial charge in [-0.2, -0.15) is 8.42 Å². The van der Waals surface area contributed by atoms with E-state index >= 15 is 0 Å². The third-order valence-electron chi connectivity index (χ3n) is 3.18. The number of hydrogen-bond donors (Lipinski definition) is 10. The molecule has 38 heavy (non-hydrogen) atoms. The molecular weight excluding hydrogens is 590 g/mol. The molecule has 0 aromatic heterocycles. The van der Waals surface area contributed by atoms with Gasteiger partial charge in [-0.3, -0.25) is 23.7 Å². The maximum absolute atomic E-state index is 10.3. The van der Waals surface area contributed by atoms with E-state index < -0.39 is 82.8 Å². The van der Waals surface area contributed by atoms with E-state index in [-0.39, 0.29) is 124 Å². The molecule has 0 bridgehead atoms. The maximum atomic E-state index is 10.3. The number of carboxylic acids is 6. The fraction of sp³-hybridized carbons (Fsp3) is 0.600. The quantitative estimate of drug-likeness (QED) is 0.0677. The molecule has 206 valence electrons. The van der Waals surface area contributed by atoms with E-state index in [0.29, 0.717) is 6.54 Å². The van der Waals surface area contributed by atoms with Crippen molar-refractivity contribution in [3.05, 3.63) is 0 Å². The molecule has 0 amide bonds. The van der Waals surface area contributed by atoms with Gasteiger partial charge in [-0.1, -0.05) is 0 Å². The summed E-state index contributed by atoms with van der Waals surface area (Å²) in [6.45, 7) is 0.291. The Labute approximate surface area is 304 Å². The van der Waals surface area contributed by atoms with Crippen molar-refractivity contribution in [1.29, 1.82) is 0 Å². The third kappa shape index (κ3) is 32.8. The molecule has 0 aliphatic heterocycles. The van der Waals surface area contributed by atoms with Gasteiger partial charge in [-0.25, -0.2) is 9.59 Å². The van der Waals surface area contributed by atoms with E-state index in [1.807, 2.05) is 0 Å². The molecule has 0 spiro atoms. The van der Waals surface area contributed by atoms with Crippen LogP contribution in [0.1, 0.15) is 25.7 Å². The van der Waals surface area contributed by atoms with Crippen LogP contribution < -0.4 is 5.32 Å². The SMILES string of the molecule is CNCCS(=O)(=O)O.O=C(O)CC(O)(CC(=O)O)C(=O)O.O=C(O)CC(O)(CC(=O)O)C(=O)O.[NaH].[NaH].[NaH].[NaH]. The number of aliphatic carboxylic acids is 6. The molecule has 0 aliphatic rings. The van der Waals surface area contributed by atoms with Crippen LogP contribution in [0.3, 0.4) is 0 Å². The Morgan fingerprint density at radius 1 is 0.605 bits per heavy atom. The van der Waals surface area contributed by atoms with Crippen molar-refractivity contribution in [2.45, 2.75) is 36.9 Å². The molecule has 23 heteroatoms. The molecule has 10 N–H and O–H groups in total. The predicted octanol–water partition coefficient (Wildman–Crippen LogP) is -6.00. The van der Waals surface area contributed by atoms with Gasteiger partial charge in [0.2, 0.25) is 0 Å². The van der Waals surface area contributed by atoms with Gasteiger partial charge in [0.1, 0.15) is 0 Å². The zero-order valence-corrected chi connectivity index (χ0v) is 18.3. The van der Waals surface area contributed by atoms with Crippen LogP contribution in [-0.4, -0.2) is 238 Å². The van der Waals surface area contributed by atoms with Crippen LogP contribution in [0, 0.1) is 0 Å². The van der Waals surface area contributed by atoms with Gasteiger partial charge in [-0.05, 0) is 7.05 Å². The Hall–Kier alpha value is 0.610. The zero-order valence-electron chi connectivity index (χ0n) is 17.4. The molecule has 0 unspecified atom stereocenters. The van der Waals surface area contributed by atoms with E-state index in [9.17, 15) is 37.2 Å². The average Bonchev–Trinajstić information content (AvgIpc) is 2.57. The second kappa shape index (κ2) is 26.5. The number of rotatable bonds is 13. The third-order valence-corrected chi connectivity index (χ3v) is 3.90. The van der Waals surface area contributed by atoms with E-state index in [0.717, 1.165) is 0 Å². The van der Waals surface area contributed by atoms with Crippen LogP contribution in [-0.2, 0) is 38.9 Å². The number of carboxylic acid groups (broad SMARTS) is 6. The van der Waals surface area contributed by atoms with Gasteiger partial charge in [-0.15, -0.1) is 0 Å². The topological polar surface area (TPSA) is 331 Å². The van der Waals surface area contributed by atoms with Crippen molar-refractivity contribution in [2.75, 3.05) is 19.3 Å². The fourth-order valence-corrected chi connectivity index (χ4v) is 2.12. The molecule has 0 saturated carbocycles. The molecule has 0 aromatic carbocycles. The second-order valence-corrected chi connectivity index (χ2v) is 7.92. The summed E-state index contributed by atoms with van der Waals surface area (Å²) in [6, 6.07) is 0. The Kier molecular flexibility index (Phi) is 38.1. The van der Waals surface area contributed by atoms with Crippen LogP contribution in [0.2, 0.25) is 0 Å². The Morgan fingerprint density at radius 3 is 0.895 bits per heavy atom. The molecule has 0 saturated heterocycles. The van der Waals surface area contributed by atoms with E-state index in [1.54, 1.807) is 7.05 Å². The molecule has 0 atom stereocenters. The van der Waals surface area contributed by atoms with E-state index in [1.165, 1.54) is 0 Å². The summed E-state index contributed by atoms with van der Waals surface area (Å²) >= 11 is 0. The Bertz CT molecular complexity index is 783. The van der Waals surface area contributed by atoms with Crippen LogP contribution in [0.5, 0.6) is 0 Å². The first-order chi connectivity index (χ1) is 15.1. The minimum absolute atomic E-state index is 0. The van der Waals surface area contributed by atoms with Gasteiger partial charge < -0.3 is 46.2 Å². The van der Waals surface area contributed by atoms with Crippen molar-refractivity contribution in [2.24, 2.45) is 0 Å². The van der Waals surface area contributed by atoms with Crippen molar-refractivity contribution < 1.29 is 82.6 Å². The number of carbonyl (C=O) groups is 6. The summed E-state index contributed by atoms with van der Waals surface area (Å²) in [5, 5.41) is 70.2. The average molecular weight is 619 g/mol. The summed E-state index contributed by atoms with van der Waals surface area (Å²) in [6.07, 6.45) is -4.58. The van der Waals surface area contributed by atoms with Crippen molar-refractivity contribution >= 4 is 164 Å². The molecule has 0 aliphatic carbocycles. The number of hydrogen-bond acceptors (Lipinski definition) is 11. The number of aliphatic hydroxyl groups is 2. The molecule has 18 nitrogen and oxygen atoms in total. The van der Waals surface area contributed by atoms with Crippen LogP contribution >= 0.6 is 0 Å². The molecule has 0 heterocycles. The molecular formula is C15H29NNa4O17S. The first-order valence-corrected chi connectivity index (χ1v) is 10.1. The molecule has 0 rings (SSSR count). The molecule has 0 radical (unpaired) electrons. The summed E-state index contributed by atoms with van der Waals surface area (Å²) in [5.41, 5.74) is -5.48.